The normalized spacial score (nSPS) is 56.4. The summed E-state index contributed by atoms with van der Waals surface area (Å²) in [4.78, 5) is 0. The first-order chi connectivity index (χ1) is 11.9. The van der Waals surface area contributed by atoms with Crippen molar-refractivity contribution in [1.29, 1.82) is 0 Å². The first kappa shape index (κ1) is 20.2. The second-order valence-electron chi connectivity index (χ2n) is 13.6. The van der Waals surface area contributed by atoms with Crippen molar-refractivity contribution in [3.63, 3.8) is 0 Å². The lowest BCUT2D eigenvalue weighted by molar-refractivity contribution is 0.235. The van der Waals surface area contributed by atoms with Crippen LogP contribution in [-0.2, 0) is 0 Å². The molecule has 0 radical (unpaired) electrons. The van der Waals surface area contributed by atoms with Gasteiger partial charge in [-0.05, 0) is 5.41 Å². The highest BCUT2D eigenvalue weighted by atomic mass is 31.5. The minimum absolute atomic E-state index is 0.125. The van der Waals surface area contributed by atoms with E-state index >= 15 is 0 Å². The maximum Gasteiger partial charge on any atom is 0.145 e. The average Bonchev–Trinajstić information content (AvgIpc) is 2.41. The molecule has 4 heteroatoms. The van der Waals surface area contributed by atoms with Gasteiger partial charge in [-0.1, -0.05) is 89.0 Å². The van der Waals surface area contributed by atoms with E-state index in [0.29, 0.717) is 35.6 Å². The summed E-state index contributed by atoms with van der Waals surface area (Å²) in [6.45, 7) is 33.4. The molecule has 0 saturated carbocycles. The minimum atomic E-state index is -1.27. The van der Waals surface area contributed by atoms with Gasteiger partial charge < -0.3 is 0 Å². The maximum atomic E-state index is 4.19. The Kier molecular flexibility index (Phi) is 3.21. The van der Waals surface area contributed by atoms with Crippen molar-refractivity contribution in [2.45, 2.75) is 109 Å². The van der Waals surface area contributed by atoms with E-state index in [9.17, 15) is 0 Å². The molecule has 6 rings (SSSR count). The van der Waals surface area contributed by atoms with Gasteiger partial charge in [-0.15, -0.1) is 0 Å². The molecule has 6 heterocycles. The summed E-state index contributed by atoms with van der Waals surface area (Å²) in [5.74, 6) is 3.58. The molecular weight excluding hydrogens is 400 g/mol. The van der Waals surface area contributed by atoms with Gasteiger partial charge in [-0.25, -0.2) is 0 Å². The van der Waals surface area contributed by atoms with E-state index in [2.05, 4.69) is 102 Å². The van der Waals surface area contributed by atoms with Crippen LogP contribution in [-0.4, -0.2) is 18.6 Å². The van der Waals surface area contributed by atoms with Crippen LogP contribution in [0.15, 0.2) is 0 Å². The van der Waals surface area contributed by atoms with Crippen LogP contribution in [0.1, 0.15) is 90.0 Å². The molecular formula is C23H39P4+. The monoisotopic (exact) mass is 439 g/mol. The zero-order chi connectivity index (χ0) is 20.6. The van der Waals surface area contributed by atoms with Gasteiger partial charge in [0.05, 0.1) is 10.3 Å². The lowest BCUT2D eigenvalue weighted by atomic mass is 9.95. The van der Waals surface area contributed by atoms with E-state index in [-0.39, 0.29) is 23.8 Å². The SMILES string of the molecule is CC#C[P+]12C3(C(C)(C)C)P4C5(C(C)(C)C)P3C1(C(C)(C)C)P5C42C(C)(C)C. The molecule has 0 aliphatic carbocycles. The molecule has 0 unspecified atom stereocenters. The Bertz CT molecular complexity index is 744. The van der Waals surface area contributed by atoms with Gasteiger partial charge in [-0.3, -0.25) is 0 Å². The summed E-state index contributed by atoms with van der Waals surface area (Å²) >= 11 is 0. The van der Waals surface area contributed by atoms with Crippen molar-refractivity contribution in [3.8, 4) is 11.6 Å². The molecule has 6 fully saturated rings. The Hall–Kier alpha value is 1.28. The van der Waals surface area contributed by atoms with Crippen LogP contribution in [0.2, 0.25) is 0 Å². The van der Waals surface area contributed by atoms with Crippen molar-refractivity contribution < 1.29 is 0 Å². The van der Waals surface area contributed by atoms with Crippen LogP contribution in [0.25, 0.3) is 0 Å². The average molecular weight is 439 g/mol. The van der Waals surface area contributed by atoms with Crippen molar-refractivity contribution >= 4 is 31.0 Å². The van der Waals surface area contributed by atoms with Gasteiger partial charge in [-0.2, -0.15) is 0 Å². The minimum Gasteiger partial charge on any atom is -0.0634 e. The van der Waals surface area contributed by atoms with Gasteiger partial charge in [0.15, 0.2) is 0 Å². The Morgan fingerprint density at radius 3 is 1.04 bits per heavy atom. The zero-order valence-electron chi connectivity index (χ0n) is 19.8. The fraction of sp³-hybridized carbons (Fsp3) is 0.913. The quantitative estimate of drug-likeness (QED) is 0.261. The molecule has 6 aliphatic heterocycles. The third kappa shape index (κ3) is 1.17. The van der Waals surface area contributed by atoms with E-state index in [1.165, 1.54) is 0 Å². The summed E-state index contributed by atoms with van der Waals surface area (Å²) < 4.78 is 2.87. The summed E-state index contributed by atoms with van der Waals surface area (Å²) in [6.07, 6.45) is 0. The Balaban J connectivity index is 1.87. The van der Waals surface area contributed by atoms with Crippen LogP contribution in [0, 0.1) is 33.2 Å². The maximum absolute atomic E-state index is 4.19. The van der Waals surface area contributed by atoms with Crippen LogP contribution in [0.4, 0.5) is 0 Å². The number of hydrogen-bond donors (Lipinski definition) is 0. The lowest BCUT2D eigenvalue weighted by Crippen LogP contribution is -3.04. The summed E-state index contributed by atoms with van der Waals surface area (Å²) in [7, 11) is -0.893. The highest BCUT2D eigenvalue weighted by Gasteiger charge is 3.35. The third-order valence-electron chi connectivity index (χ3n) is 8.51. The molecule has 0 aromatic heterocycles. The first-order valence-corrected chi connectivity index (χ1v) is 16.5. The third-order valence-corrected chi connectivity index (χ3v) is 41.7. The van der Waals surface area contributed by atoms with Gasteiger partial charge >= 0.3 is 0 Å². The number of hydrogen-bond acceptors (Lipinski definition) is 0. The largest absolute Gasteiger partial charge is 0.145 e. The first-order valence-electron chi connectivity index (χ1n) is 10.7. The fourth-order valence-corrected chi connectivity index (χ4v) is 62.7. The predicted octanol–water partition coefficient (Wildman–Crippen LogP) is 9.30. The molecule has 0 nitrogen and oxygen atoms in total. The highest BCUT2D eigenvalue weighted by molar-refractivity contribution is 8.58. The van der Waals surface area contributed by atoms with Crippen LogP contribution in [0.5, 0.6) is 0 Å². The van der Waals surface area contributed by atoms with E-state index in [4.69, 9.17) is 0 Å². The van der Waals surface area contributed by atoms with Crippen molar-refractivity contribution in [1.82, 2.24) is 0 Å². The standard InChI is InChI=1S/C23H39P4/c1-14-15-27-21(17(5,6)7)24-20(16(2,3)4)25(21)23(27,19(11,12)13)26(20)22(24,27)18(8,9)10/h1-13H3/q+1. The Morgan fingerprint density at radius 2 is 0.852 bits per heavy atom. The second-order valence-corrected chi connectivity index (χ2v) is 29.4. The Morgan fingerprint density at radius 1 is 0.556 bits per heavy atom. The summed E-state index contributed by atoms with van der Waals surface area (Å²) in [5.41, 5.74) is 6.04. The van der Waals surface area contributed by atoms with E-state index in [1.54, 1.807) is 0 Å². The van der Waals surface area contributed by atoms with E-state index in [1.807, 2.05) is 0 Å². The molecule has 0 amide bonds. The van der Waals surface area contributed by atoms with E-state index < -0.39 is 7.26 Å². The van der Waals surface area contributed by atoms with Crippen LogP contribution < -0.4 is 0 Å². The molecule has 0 N–H and O–H groups in total. The van der Waals surface area contributed by atoms with Gasteiger partial charge in [0.2, 0.25) is 0 Å². The Labute approximate surface area is 172 Å². The topological polar surface area (TPSA) is 0 Å². The molecule has 0 aromatic rings. The summed E-state index contributed by atoms with van der Waals surface area (Å²) in [5, 5.41) is 0. The molecule has 6 saturated heterocycles. The van der Waals surface area contributed by atoms with E-state index in [0.717, 1.165) is 4.64 Å². The molecule has 0 spiro atoms. The van der Waals surface area contributed by atoms with Crippen molar-refractivity contribution in [2.75, 3.05) is 0 Å². The molecule has 0 bridgehead atoms. The highest BCUT2D eigenvalue weighted by Crippen LogP contribution is 3.59. The van der Waals surface area contributed by atoms with Crippen molar-refractivity contribution in [3.05, 3.63) is 0 Å². The summed E-state index contributed by atoms with van der Waals surface area (Å²) in [6, 6.07) is 0. The fourth-order valence-electron chi connectivity index (χ4n) is 8.77. The van der Waals surface area contributed by atoms with Crippen molar-refractivity contribution in [2.24, 2.45) is 21.7 Å². The number of rotatable bonds is 0. The molecule has 27 heavy (non-hydrogen) atoms. The molecule has 150 valence electrons. The lowest BCUT2D eigenvalue weighted by Gasteiger charge is -3.18. The predicted molar refractivity (Wildman–Crippen MR) is 130 cm³/mol. The molecule has 0 atom stereocenters. The second kappa shape index (κ2) is 4.29. The molecule has 0 aromatic carbocycles. The zero-order valence-corrected chi connectivity index (χ0v) is 23.4. The van der Waals surface area contributed by atoms with Crippen LogP contribution in [0.3, 0.4) is 0 Å². The van der Waals surface area contributed by atoms with Crippen LogP contribution >= 0.6 is 31.0 Å². The smallest absolute Gasteiger partial charge is 0.0634 e. The molecule has 6 aliphatic rings. The van der Waals surface area contributed by atoms with Gasteiger partial charge in [0.25, 0.3) is 0 Å². The van der Waals surface area contributed by atoms with Gasteiger partial charge in [0, 0.05) is 46.9 Å². The van der Waals surface area contributed by atoms with Gasteiger partial charge in [0.1, 0.15) is 21.2 Å².